The Bertz CT molecular complexity index is 793. The Morgan fingerprint density at radius 3 is 2.09 bits per heavy atom. The monoisotopic (exact) mass is 321 g/mol. The average molecular weight is 321 g/mol. The number of hydrogen-bond donors (Lipinski definition) is 1. The second-order valence-electron chi connectivity index (χ2n) is 5.03. The van der Waals surface area contributed by atoms with Gasteiger partial charge in [0, 0.05) is 21.6 Å². The molecule has 3 nitrogen and oxygen atoms in total. The number of benzene rings is 2. The molecule has 4 heteroatoms. The lowest BCUT2D eigenvalue weighted by Crippen LogP contribution is -2.22. The lowest BCUT2D eigenvalue weighted by atomic mass is 10.0. The molecule has 0 aliphatic carbocycles. The SMILES string of the molecule is O=C(NCc1cccs1)c1ccc(C(=O)c2ccccc2)cc1. The molecule has 1 N–H and O–H groups in total. The largest absolute Gasteiger partial charge is 0.347 e. The molecule has 3 aromatic rings. The number of ketones is 1. The van der Waals surface area contributed by atoms with Crippen LogP contribution >= 0.6 is 11.3 Å². The van der Waals surface area contributed by atoms with Gasteiger partial charge in [0.05, 0.1) is 6.54 Å². The van der Waals surface area contributed by atoms with Gasteiger partial charge in [-0.25, -0.2) is 0 Å². The van der Waals surface area contributed by atoms with Crippen molar-refractivity contribution in [2.45, 2.75) is 6.54 Å². The Kier molecular flexibility index (Phi) is 4.64. The molecule has 0 bridgehead atoms. The first kappa shape index (κ1) is 15.2. The zero-order valence-corrected chi connectivity index (χ0v) is 13.2. The molecule has 0 fully saturated rings. The van der Waals surface area contributed by atoms with Crippen molar-refractivity contribution in [2.75, 3.05) is 0 Å². The zero-order valence-electron chi connectivity index (χ0n) is 12.4. The molecule has 2 aromatic carbocycles. The van der Waals surface area contributed by atoms with Gasteiger partial charge in [-0.05, 0) is 23.6 Å². The normalized spacial score (nSPS) is 10.3. The van der Waals surface area contributed by atoms with Crippen LogP contribution in [0.1, 0.15) is 31.2 Å². The van der Waals surface area contributed by atoms with Crippen molar-refractivity contribution in [1.82, 2.24) is 5.32 Å². The standard InChI is InChI=1S/C19H15NO2S/c21-18(14-5-2-1-3-6-14)15-8-10-16(11-9-15)19(22)20-13-17-7-4-12-23-17/h1-12H,13H2,(H,20,22). The van der Waals surface area contributed by atoms with Crippen LogP contribution in [0.15, 0.2) is 72.1 Å². The topological polar surface area (TPSA) is 46.2 Å². The molecular weight excluding hydrogens is 306 g/mol. The molecule has 1 heterocycles. The molecule has 23 heavy (non-hydrogen) atoms. The number of hydrogen-bond acceptors (Lipinski definition) is 3. The summed E-state index contributed by atoms with van der Waals surface area (Å²) >= 11 is 1.60. The Morgan fingerprint density at radius 2 is 1.43 bits per heavy atom. The van der Waals surface area contributed by atoms with Crippen LogP contribution in [0.2, 0.25) is 0 Å². The average Bonchev–Trinajstić information content (AvgIpc) is 3.13. The van der Waals surface area contributed by atoms with Gasteiger partial charge in [0.2, 0.25) is 0 Å². The third-order valence-corrected chi connectivity index (χ3v) is 4.32. The fourth-order valence-electron chi connectivity index (χ4n) is 2.21. The highest BCUT2D eigenvalue weighted by Gasteiger charge is 2.10. The van der Waals surface area contributed by atoms with Crippen LogP contribution in [0.4, 0.5) is 0 Å². The number of rotatable bonds is 5. The van der Waals surface area contributed by atoms with Gasteiger partial charge in [0.1, 0.15) is 0 Å². The van der Waals surface area contributed by atoms with Crippen LogP contribution in [-0.2, 0) is 6.54 Å². The minimum Gasteiger partial charge on any atom is -0.347 e. The van der Waals surface area contributed by atoms with Crippen molar-refractivity contribution in [1.29, 1.82) is 0 Å². The molecule has 0 saturated heterocycles. The molecule has 0 aliphatic rings. The minimum atomic E-state index is -0.142. The first-order chi connectivity index (χ1) is 11.2. The van der Waals surface area contributed by atoms with Crippen molar-refractivity contribution in [2.24, 2.45) is 0 Å². The highest BCUT2D eigenvalue weighted by molar-refractivity contribution is 7.09. The highest BCUT2D eigenvalue weighted by atomic mass is 32.1. The van der Waals surface area contributed by atoms with Gasteiger partial charge >= 0.3 is 0 Å². The van der Waals surface area contributed by atoms with Crippen LogP contribution in [0, 0.1) is 0 Å². The van der Waals surface area contributed by atoms with E-state index in [-0.39, 0.29) is 11.7 Å². The number of nitrogens with one attached hydrogen (secondary N) is 1. The first-order valence-corrected chi connectivity index (χ1v) is 8.12. The van der Waals surface area contributed by atoms with Crippen LogP contribution in [0.3, 0.4) is 0 Å². The molecule has 3 rings (SSSR count). The van der Waals surface area contributed by atoms with Gasteiger partial charge in [-0.15, -0.1) is 11.3 Å². The zero-order chi connectivity index (χ0) is 16.1. The molecule has 1 amide bonds. The highest BCUT2D eigenvalue weighted by Crippen LogP contribution is 2.12. The third-order valence-electron chi connectivity index (χ3n) is 3.45. The summed E-state index contributed by atoms with van der Waals surface area (Å²) < 4.78 is 0. The second-order valence-corrected chi connectivity index (χ2v) is 6.07. The van der Waals surface area contributed by atoms with Crippen molar-refractivity contribution in [3.05, 3.63) is 93.7 Å². The van der Waals surface area contributed by atoms with E-state index >= 15 is 0 Å². The van der Waals surface area contributed by atoms with Crippen molar-refractivity contribution in [3.8, 4) is 0 Å². The summed E-state index contributed by atoms with van der Waals surface area (Å²) in [5.41, 5.74) is 1.76. The number of carbonyl (C=O) groups is 2. The summed E-state index contributed by atoms with van der Waals surface area (Å²) in [7, 11) is 0. The molecule has 0 unspecified atom stereocenters. The van der Waals surface area contributed by atoms with Crippen LogP contribution < -0.4 is 5.32 Å². The summed E-state index contributed by atoms with van der Waals surface area (Å²) in [5, 5.41) is 4.85. The molecule has 0 radical (unpaired) electrons. The summed E-state index contributed by atoms with van der Waals surface area (Å²) in [5.74, 6) is -0.187. The van der Waals surface area contributed by atoms with E-state index in [0.717, 1.165) is 4.88 Å². The smallest absolute Gasteiger partial charge is 0.251 e. The van der Waals surface area contributed by atoms with Gasteiger partial charge in [0.15, 0.2) is 5.78 Å². The summed E-state index contributed by atoms with van der Waals surface area (Å²) in [4.78, 5) is 25.5. The van der Waals surface area contributed by atoms with E-state index in [9.17, 15) is 9.59 Å². The van der Waals surface area contributed by atoms with E-state index in [0.29, 0.717) is 23.2 Å². The van der Waals surface area contributed by atoms with Crippen LogP contribution in [-0.4, -0.2) is 11.7 Å². The van der Waals surface area contributed by atoms with Crippen LogP contribution in [0.25, 0.3) is 0 Å². The Morgan fingerprint density at radius 1 is 0.783 bits per heavy atom. The maximum absolute atomic E-state index is 12.3. The van der Waals surface area contributed by atoms with Crippen LogP contribution in [0.5, 0.6) is 0 Å². The summed E-state index contributed by atoms with van der Waals surface area (Å²) in [6.07, 6.45) is 0. The number of thiophene rings is 1. The Hall–Kier alpha value is -2.72. The van der Waals surface area contributed by atoms with Crippen molar-refractivity contribution < 1.29 is 9.59 Å². The fourth-order valence-corrected chi connectivity index (χ4v) is 2.86. The quantitative estimate of drug-likeness (QED) is 0.724. The molecule has 0 atom stereocenters. The lowest BCUT2D eigenvalue weighted by Gasteiger charge is -2.05. The number of carbonyl (C=O) groups excluding carboxylic acids is 2. The van der Waals surface area contributed by atoms with Gasteiger partial charge in [-0.1, -0.05) is 48.5 Å². The predicted octanol–water partition coefficient (Wildman–Crippen LogP) is 3.91. The molecule has 0 aliphatic heterocycles. The van der Waals surface area contributed by atoms with Gasteiger partial charge in [-0.3, -0.25) is 9.59 Å². The van der Waals surface area contributed by atoms with E-state index in [2.05, 4.69) is 5.32 Å². The second kappa shape index (κ2) is 7.03. The Labute approximate surface area is 138 Å². The molecule has 1 aromatic heterocycles. The van der Waals surface area contributed by atoms with E-state index in [1.165, 1.54) is 0 Å². The lowest BCUT2D eigenvalue weighted by molar-refractivity contribution is 0.0950. The maximum Gasteiger partial charge on any atom is 0.251 e. The molecule has 114 valence electrons. The van der Waals surface area contributed by atoms with Gasteiger partial charge in [0.25, 0.3) is 5.91 Å². The third kappa shape index (κ3) is 3.73. The van der Waals surface area contributed by atoms with E-state index in [1.54, 1.807) is 47.7 Å². The summed E-state index contributed by atoms with van der Waals surface area (Å²) in [6.45, 7) is 0.515. The predicted molar refractivity (Wildman–Crippen MR) is 91.8 cm³/mol. The van der Waals surface area contributed by atoms with Crippen molar-refractivity contribution >= 4 is 23.0 Å². The Balaban J connectivity index is 1.67. The molecule has 0 saturated carbocycles. The van der Waals surface area contributed by atoms with E-state index in [1.807, 2.05) is 35.7 Å². The van der Waals surface area contributed by atoms with Gasteiger partial charge in [-0.2, -0.15) is 0 Å². The molecule has 0 spiro atoms. The number of amides is 1. The van der Waals surface area contributed by atoms with E-state index in [4.69, 9.17) is 0 Å². The van der Waals surface area contributed by atoms with E-state index < -0.39 is 0 Å². The maximum atomic E-state index is 12.3. The van der Waals surface area contributed by atoms with Crippen molar-refractivity contribution in [3.63, 3.8) is 0 Å². The molecular formula is C19H15NO2S. The summed E-state index contributed by atoms with van der Waals surface area (Å²) in [6, 6.07) is 19.8. The minimum absolute atomic E-state index is 0.0452. The first-order valence-electron chi connectivity index (χ1n) is 7.24. The fraction of sp³-hybridized carbons (Fsp3) is 0.0526. The van der Waals surface area contributed by atoms with Gasteiger partial charge < -0.3 is 5.32 Å².